The normalized spacial score (nSPS) is 22.4. The van der Waals surface area contributed by atoms with Crippen LogP contribution >= 0.6 is 11.8 Å². The van der Waals surface area contributed by atoms with E-state index in [4.69, 9.17) is 0 Å². The van der Waals surface area contributed by atoms with Crippen LogP contribution in [0.1, 0.15) is 36.2 Å². The van der Waals surface area contributed by atoms with E-state index in [1.54, 1.807) is 0 Å². The van der Waals surface area contributed by atoms with Gasteiger partial charge in [0.05, 0.1) is 5.69 Å². The number of rotatable bonds is 3. The summed E-state index contributed by atoms with van der Waals surface area (Å²) in [6.45, 7) is 8.17. The third-order valence-corrected chi connectivity index (χ3v) is 6.58. The number of nitrogens with zero attached hydrogens (tertiary/aromatic N) is 2. The molecule has 4 heteroatoms. The highest BCUT2D eigenvalue weighted by molar-refractivity contribution is 7.99. The molecule has 4 rings (SSSR count). The zero-order chi connectivity index (χ0) is 18.8. The minimum atomic E-state index is 0.187. The number of amides is 1. The average molecular weight is 381 g/mol. The van der Waals surface area contributed by atoms with Crippen LogP contribution in [-0.2, 0) is 6.54 Å². The van der Waals surface area contributed by atoms with Crippen molar-refractivity contribution < 1.29 is 4.79 Å². The van der Waals surface area contributed by atoms with E-state index in [1.807, 2.05) is 17.8 Å². The number of hydrogen-bond acceptors (Lipinski definition) is 3. The van der Waals surface area contributed by atoms with E-state index in [1.165, 1.54) is 22.6 Å². The molecule has 142 valence electrons. The summed E-state index contributed by atoms with van der Waals surface area (Å²) in [5.41, 5.74) is 3.35. The first-order valence-electron chi connectivity index (χ1n) is 9.95. The second kappa shape index (κ2) is 7.97. The smallest absolute Gasteiger partial charge is 0.253 e. The van der Waals surface area contributed by atoms with Crippen LogP contribution in [0.5, 0.6) is 0 Å². The lowest BCUT2D eigenvalue weighted by Crippen LogP contribution is -2.42. The van der Waals surface area contributed by atoms with Gasteiger partial charge < -0.3 is 9.80 Å². The van der Waals surface area contributed by atoms with Gasteiger partial charge in [0.15, 0.2) is 0 Å². The van der Waals surface area contributed by atoms with Gasteiger partial charge in [0.25, 0.3) is 5.91 Å². The van der Waals surface area contributed by atoms with Gasteiger partial charge >= 0.3 is 0 Å². The fraction of sp³-hybridized carbons (Fsp3) is 0.435. The number of anilines is 1. The molecule has 2 heterocycles. The first kappa shape index (κ1) is 18.4. The Bertz CT molecular complexity index is 797. The summed E-state index contributed by atoms with van der Waals surface area (Å²) in [6.07, 6.45) is 1.22. The Labute approximate surface area is 166 Å². The lowest BCUT2D eigenvalue weighted by atomic mass is 9.91. The zero-order valence-electron chi connectivity index (χ0n) is 16.2. The molecule has 2 aromatic rings. The molecule has 1 amide bonds. The highest BCUT2D eigenvalue weighted by Crippen LogP contribution is 2.36. The molecule has 3 nitrogen and oxygen atoms in total. The van der Waals surface area contributed by atoms with E-state index in [0.29, 0.717) is 11.8 Å². The minimum absolute atomic E-state index is 0.187. The molecule has 1 saturated heterocycles. The van der Waals surface area contributed by atoms with Gasteiger partial charge in [0.1, 0.15) is 0 Å². The molecule has 0 spiro atoms. The van der Waals surface area contributed by atoms with Crippen LogP contribution in [0.3, 0.4) is 0 Å². The second-order valence-corrected chi connectivity index (χ2v) is 9.23. The highest BCUT2D eigenvalue weighted by Gasteiger charge is 2.27. The van der Waals surface area contributed by atoms with Gasteiger partial charge in [-0.2, -0.15) is 0 Å². The van der Waals surface area contributed by atoms with Crippen molar-refractivity contribution in [3.8, 4) is 0 Å². The monoisotopic (exact) mass is 380 g/mol. The lowest BCUT2D eigenvalue weighted by Gasteiger charge is -2.36. The van der Waals surface area contributed by atoms with E-state index in [9.17, 15) is 4.79 Å². The van der Waals surface area contributed by atoms with Gasteiger partial charge in [0, 0.05) is 42.4 Å². The largest absolute Gasteiger partial charge is 0.365 e. The molecule has 2 aliphatic rings. The predicted molar refractivity (Wildman–Crippen MR) is 114 cm³/mol. The topological polar surface area (TPSA) is 23.6 Å². The highest BCUT2D eigenvalue weighted by atomic mass is 32.2. The molecular weight excluding hydrogens is 352 g/mol. The van der Waals surface area contributed by atoms with Gasteiger partial charge in [-0.15, -0.1) is 11.8 Å². The van der Waals surface area contributed by atoms with Gasteiger partial charge in [-0.05, 0) is 42.0 Å². The summed E-state index contributed by atoms with van der Waals surface area (Å²) in [4.78, 5) is 18.9. The molecule has 27 heavy (non-hydrogen) atoms. The maximum Gasteiger partial charge on any atom is 0.253 e. The Morgan fingerprint density at radius 2 is 1.81 bits per heavy atom. The van der Waals surface area contributed by atoms with Crippen LogP contribution < -0.4 is 4.90 Å². The van der Waals surface area contributed by atoms with E-state index in [2.05, 4.69) is 66.1 Å². The van der Waals surface area contributed by atoms with Crippen molar-refractivity contribution in [2.45, 2.75) is 31.7 Å². The van der Waals surface area contributed by atoms with E-state index >= 15 is 0 Å². The van der Waals surface area contributed by atoms with Crippen molar-refractivity contribution in [3.05, 3.63) is 59.7 Å². The SMILES string of the molecule is C[C@@H]1C[C@H](C)CN(C(=O)c2ccc3c(c2)N(Cc2ccccc2)CCS3)C1. The molecule has 0 aliphatic carbocycles. The van der Waals surface area contributed by atoms with Crippen LogP contribution in [0.25, 0.3) is 0 Å². The summed E-state index contributed by atoms with van der Waals surface area (Å²) < 4.78 is 0. The lowest BCUT2D eigenvalue weighted by molar-refractivity contribution is 0.0623. The maximum atomic E-state index is 13.1. The van der Waals surface area contributed by atoms with Gasteiger partial charge in [-0.3, -0.25) is 4.79 Å². The number of likely N-dealkylation sites (tertiary alicyclic amines) is 1. The van der Waals surface area contributed by atoms with Crippen molar-refractivity contribution >= 4 is 23.4 Å². The van der Waals surface area contributed by atoms with Crippen LogP contribution in [0.4, 0.5) is 5.69 Å². The molecule has 2 atom stereocenters. The number of carbonyl (C=O) groups is 1. The van der Waals surface area contributed by atoms with Crippen LogP contribution in [-0.4, -0.2) is 36.2 Å². The Morgan fingerprint density at radius 3 is 2.56 bits per heavy atom. The minimum Gasteiger partial charge on any atom is -0.365 e. The van der Waals surface area contributed by atoms with Crippen LogP contribution in [0, 0.1) is 11.8 Å². The maximum absolute atomic E-state index is 13.1. The molecule has 0 N–H and O–H groups in total. The number of carbonyl (C=O) groups excluding carboxylic acids is 1. The Morgan fingerprint density at radius 1 is 1.07 bits per heavy atom. The van der Waals surface area contributed by atoms with Gasteiger partial charge in [-0.25, -0.2) is 0 Å². The standard InChI is InChI=1S/C23H28N2OS/c1-17-12-18(2)15-25(14-17)23(26)20-8-9-22-21(13-20)24(10-11-27-22)16-19-6-4-3-5-7-19/h3-9,13,17-18H,10-12,14-16H2,1-2H3/t17-,18+. The number of thioether (sulfide) groups is 1. The molecule has 0 aromatic heterocycles. The van der Waals surface area contributed by atoms with Crippen molar-refractivity contribution in [1.29, 1.82) is 0 Å². The summed E-state index contributed by atoms with van der Waals surface area (Å²) in [5, 5.41) is 0. The summed E-state index contributed by atoms with van der Waals surface area (Å²) in [5.74, 6) is 2.45. The third-order valence-electron chi connectivity index (χ3n) is 5.54. The summed E-state index contributed by atoms with van der Waals surface area (Å²) >= 11 is 1.89. The van der Waals surface area contributed by atoms with Crippen LogP contribution in [0.15, 0.2) is 53.4 Å². The first-order valence-corrected chi connectivity index (χ1v) is 10.9. The zero-order valence-corrected chi connectivity index (χ0v) is 17.0. The Hall–Kier alpha value is -1.94. The van der Waals surface area contributed by atoms with Gasteiger partial charge in [-0.1, -0.05) is 44.2 Å². The molecule has 0 saturated carbocycles. The van der Waals surface area contributed by atoms with Crippen molar-refractivity contribution in [3.63, 3.8) is 0 Å². The van der Waals surface area contributed by atoms with Crippen LogP contribution in [0.2, 0.25) is 0 Å². The molecular formula is C23H28N2OS. The van der Waals surface area contributed by atoms with Crippen molar-refractivity contribution in [2.75, 3.05) is 30.3 Å². The number of fused-ring (bicyclic) bond motifs is 1. The average Bonchev–Trinajstić information content (AvgIpc) is 2.67. The quantitative estimate of drug-likeness (QED) is 0.755. The van der Waals surface area contributed by atoms with E-state index < -0.39 is 0 Å². The van der Waals surface area contributed by atoms with E-state index in [-0.39, 0.29) is 5.91 Å². The molecule has 1 fully saturated rings. The summed E-state index contributed by atoms with van der Waals surface area (Å²) in [6, 6.07) is 16.9. The molecule has 0 bridgehead atoms. The van der Waals surface area contributed by atoms with Crippen molar-refractivity contribution in [2.24, 2.45) is 11.8 Å². The Kier molecular flexibility index (Phi) is 5.44. The predicted octanol–water partition coefficient (Wildman–Crippen LogP) is 4.92. The number of piperidine rings is 1. The number of hydrogen-bond donors (Lipinski definition) is 0. The molecule has 2 aromatic carbocycles. The van der Waals surface area contributed by atoms with E-state index in [0.717, 1.165) is 37.5 Å². The first-order chi connectivity index (χ1) is 13.1. The summed E-state index contributed by atoms with van der Waals surface area (Å²) in [7, 11) is 0. The Balaban J connectivity index is 1.57. The molecule has 2 aliphatic heterocycles. The molecule has 0 unspecified atom stereocenters. The fourth-order valence-corrected chi connectivity index (χ4v) is 5.42. The van der Waals surface area contributed by atoms with Gasteiger partial charge in [0.2, 0.25) is 0 Å². The molecule has 0 radical (unpaired) electrons. The second-order valence-electron chi connectivity index (χ2n) is 8.09. The van der Waals surface area contributed by atoms with Crippen molar-refractivity contribution in [1.82, 2.24) is 4.90 Å². The fourth-order valence-electron chi connectivity index (χ4n) is 4.39. The number of benzene rings is 2. The third kappa shape index (κ3) is 4.16.